The van der Waals surface area contributed by atoms with Gasteiger partial charge in [0.2, 0.25) is 5.88 Å². The highest BCUT2D eigenvalue weighted by Gasteiger charge is 2.32. The van der Waals surface area contributed by atoms with Gasteiger partial charge < -0.3 is 29.4 Å². The van der Waals surface area contributed by atoms with E-state index in [0.29, 0.717) is 40.2 Å². The molecule has 0 aromatic heterocycles. The van der Waals surface area contributed by atoms with Crippen LogP contribution in [0.25, 0.3) is 0 Å². The van der Waals surface area contributed by atoms with Gasteiger partial charge in [-0.15, -0.1) is 0 Å². The number of benzene rings is 4. The fourth-order valence-corrected chi connectivity index (χ4v) is 4.63. The third-order valence-corrected chi connectivity index (χ3v) is 6.88. The highest BCUT2D eigenvalue weighted by molar-refractivity contribution is 6.30. The van der Waals surface area contributed by atoms with E-state index in [1.54, 1.807) is 61.7 Å². The minimum atomic E-state index is -0.581. The first kappa shape index (κ1) is 28.4. The van der Waals surface area contributed by atoms with E-state index in [2.05, 4.69) is 6.07 Å². The molecule has 2 N–H and O–H groups in total. The highest BCUT2D eigenvalue weighted by atomic mass is 35.5. The van der Waals surface area contributed by atoms with Gasteiger partial charge in [0, 0.05) is 16.7 Å². The van der Waals surface area contributed by atoms with Gasteiger partial charge in [0.25, 0.3) is 0 Å². The molecular formula is C33H27ClN2O6. The van der Waals surface area contributed by atoms with Crippen LogP contribution in [0.5, 0.6) is 28.7 Å². The highest BCUT2D eigenvalue weighted by Crippen LogP contribution is 2.45. The Balaban J connectivity index is 1.35. The molecule has 0 spiro atoms. The number of aryl methyl sites for hydroxylation is 1. The molecule has 0 fully saturated rings. The van der Waals surface area contributed by atoms with Crippen LogP contribution in [0, 0.1) is 18.3 Å². The van der Waals surface area contributed by atoms with E-state index in [0.717, 1.165) is 16.7 Å². The number of hydrogen-bond donors (Lipinski definition) is 1. The van der Waals surface area contributed by atoms with E-state index in [9.17, 15) is 10.1 Å². The van der Waals surface area contributed by atoms with Crippen molar-refractivity contribution < 1.29 is 28.5 Å². The second-order valence-corrected chi connectivity index (χ2v) is 9.96. The van der Waals surface area contributed by atoms with Crippen molar-refractivity contribution in [2.24, 2.45) is 5.73 Å². The zero-order valence-electron chi connectivity index (χ0n) is 22.9. The maximum Gasteiger partial charge on any atom is 0.349 e. The third-order valence-electron chi connectivity index (χ3n) is 6.63. The maximum absolute atomic E-state index is 12.4. The Hall–Kier alpha value is -5.13. The lowest BCUT2D eigenvalue weighted by Gasteiger charge is -2.27. The predicted molar refractivity (Wildman–Crippen MR) is 157 cm³/mol. The van der Waals surface area contributed by atoms with Gasteiger partial charge in [-0.3, -0.25) is 0 Å². The van der Waals surface area contributed by atoms with Crippen LogP contribution in [0.15, 0.2) is 96.4 Å². The Labute approximate surface area is 248 Å². The van der Waals surface area contributed by atoms with Crippen molar-refractivity contribution in [2.75, 3.05) is 13.7 Å². The van der Waals surface area contributed by atoms with E-state index >= 15 is 0 Å². The molecule has 212 valence electrons. The average Bonchev–Trinajstić information content (AvgIpc) is 2.99. The lowest BCUT2D eigenvalue weighted by Crippen LogP contribution is -2.21. The number of carbonyl (C=O) groups is 1. The summed E-state index contributed by atoms with van der Waals surface area (Å²) in [6.07, 6.45) is 0. The van der Waals surface area contributed by atoms with Gasteiger partial charge in [-0.25, -0.2) is 4.79 Å². The number of nitrogens with zero attached hydrogens (tertiary/aromatic N) is 1. The fraction of sp³-hybridized carbons (Fsp3) is 0.152. The molecular weight excluding hydrogens is 556 g/mol. The number of nitrogens with two attached hydrogens (primary N) is 1. The normalized spacial score (nSPS) is 13.8. The van der Waals surface area contributed by atoms with Crippen LogP contribution in [0.4, 0.5) is 0 Å². The SMILES string of the molecule is COc1cc(C2C(C#N)=C(N)Oc3cc(OC(=O)COc4ccc(C)cc4)ccc32)ccc1OCc1ccc(Cl)cc1. The van der Waals surface area contributed by atoms with Gasteiger partial charge in [0.05, 0.1) is 13.0 Å². The Bertz CT molecular complexity index is 1680. The molecule has 0 radical (unpaired) electrons. The van der Waals surface area contributed by atoms with Crippen molar-refractivity contribution in [3.05, 3.63) is 124 Å². The monoisotopic (exact) mass is 582 g/mol. The number of methoxy groups -OCH3 is 1. The summed E-state index contributed by atoms with van der Waals surface area (Å²) in [5.41, 5.74) is 9.87. The summed E-state index contributed by atoms with van der Waals surface area (Å²) in [7, 11) is 1.55. The van der Waals surface area contributed by atoms with E-state index < -0.39 is 11.9 Å². The third kappa shape index (κ3) is 6.43. The smallest absolute Gasteiger partial charge is 0.349 e. The molecule has 1 unspecified atom stereocenters. The Morgan fingerprint density at radius 1 is 0.952 bits per heavy atom. The topological polar surface area (TPSA) is 113 Å². The molecule has 8 nitrogen and oxygen atoms in total. The first-order valence-electron chi connectivity index (χ1n) is 13.0. The molecule has 1 aliphatic rings. The molecule has 0 aliphatic carbocycles. The average molecular weight is 583 g/mol. The van der Waals surface area contributed by atoms with Gasteiger partial charge in [0.15, 0.2) is 18.1 Å². The molecule has 1 heterocycles. The molecule has 42 heavy (non-hydrogen) atoms. The van der Waals surface area contributed by atoms with E-state index in [4.69, 9.17) is 41.0 Å². The zero-order valence-corrected chi connectivity index (χ0v) is 23.7. The molecule has 4 aromatic carbocycles. The summed E-state index contributed by atoms with van der Waals surface area (Å²) in [6.45, 7) is 2.02. The maximum atomic E-state index is 12.4. The van der Waals surface area contributed by atoms with Crippen LogP contribution in [0.2, 0.25) is 5.02 Å². The van der Waals surface area contributed by atoms with Gasteiger partial charge in [0.1, 0.15) is 35.5 Å². The van der Waals surface area contributed by atoms with E-state index in [-0.39, 0.29) is 23.8 Å². The summed E-state index contributed by atoms with van der Waals surface area (Å²) < 4.78 is 28.4. The van der Waals surface area contributed by atoms with Crippen LogP contribution < -0.4 is 29.4 Å². The number of nitriles is 1. The van der Waals surface area contributed by atoms with E-state index in [1.165, 1.54) is 0 Å². The molecule has 0 amide bonds. The number of halogens is 1. The number of fused-ring (bicyclic) bond motifs is 1. The number of esters is 1. The van der Waals surface area contributed by atoms with Gasteiger partial charge >= 0.3 is 5.97 Å². The first-order valence-corrected chi connectivity index (χ1v) is 13.4. The Morgan fingerprint density at radius 3 is 2.40 bits per heavy atom. The quantitative estimate of drug-likeness (QED) is 0.177. The lowest BCUT2D eigenvalue weighted by atomic mass is 9.83. The van der Waals surface area contributed by atoms with Crippen LogP contribution in [-0.2, 0) is 11.4 Å². The number of ether oxygens (including phenoxy) is 5. The molecule has 0 saturated carbocycles. The minimum absolute atomic E-state index is 0.0387. The lowest BCUT2D eigenvalue weighted by molar-refractivity contribution is -0.136. The number of hydrogen-bond acceptors (Lipinski definition) is 8. The van der Waals surface area contributed by atoms with Crippen molar-refractivity contribution in [1.29, 1.82) is 5.26 Å². The number of carbonyl (C=O) groups excluding carboxylic acids is 1. The van der Waals surface area contributed by atoms with Crippen LogP contribution >= 0.6 is 11.6 Å². The second kappa shape index (κ2) is 12.6. The Kier molecular flexibility index (Phi) is 8.51. The van der Waals surface area contributed by atoms with Crippen LogP contribution in [-0.4, -0.2) is 19.7 Å². The molecule has 0 saturated heterocycles. The standard InChI is InChI=1S/C33H27ClN2O6/c1-20-3-10-24(11-4-20)39-19-31(37)41-25-12-13-26-29(16-25)42-33(36)27(17-35)32(26)22-7-14-28(30(15-22)38-2)40-18-21-5-8-23(34)9-6-21/h3-16,32H,18-19,36H2,1-2H3. The van der Waals surface area contributed by atoms with Crippen molar-refractivity contribution in [1.82, 2.24) is 0 Å². The largest absolute Gasteiger partial charge is 0.493 e. The summed E-state index contributed by atoms with van der Waals surface area (Å²) in [4.78, 5) is 12.4. The molecule has 4 aromatic rings. The molecule has 5 rings (SSSR count). The zero-order chi connectivity index (χ0) is 29.6. The first-order chi connectivity index (χ1) is 20.3. The fourth-order valence-electron chi connectivity index (χ4n) is 4.50. The van der Waals surface area contributed by atoms with Crippen molar-refractivity contribution in [3.8, 4) is 34.8 Å². The van der Waals surface area contributed by atoms with Gasteiger partial charge in [-0.2, -0.15) is 5.26 Å². The summed E-state index contributed by atoms with van der Waals surface area (Å²) in [5.74, 6) is 1.04. The molecule has 9 heteroatoms. The predicted octanol–water partition coefficient (Wildman–Crippen LogP) is 6.44. The van der Waals surface area contributed by atoms with Crippen molar-refractivity contribution in [2.45, 2.75) is 19.4 Å². The molecule has 0 bridgehead atoms. The number of allylic oxidation sites excluding steroid dienone is 1. The van der Waals surface area contributed by atoms with Crippen LogP contribution in [0.1, 0.15) is 28.2 Å². The molecule has 1 aliphatic heterocycles. The van der Waals surface area contributed by atoms with Gasteiger partial charge in [-0.1, -0.05) is 53.6 Å². The summed E-state index contributed by atoms with van der Waals surface area (Å²) in [5, 5.41) is 10.6. The molecule has 1 atom stereocenters. The minimum Gasteiger partial charge on any atom is -0.493 e. The Morgan fingerprint density at radius 2 is 1.69 bits per heavy atom. The van der Waals surface area contributed by atoms with Crippen molar-refractivity contribution >= 4 is 17.6 Å². The number of rotatable bonds is 9. The van der Waals surface area contributed by atoms with E-state index in [1.807, 2.05) is 37.3 Å². The summed E-state index contributed by atoms with van der Waals surface area (Å²) >= 11 is 5.97. The summed E-state index contributed by atoms with van der Waals surface area (Å²) in [6, 6.07) is 27.3. The van der Waals surface area contributed by atoms with Crippen molar-refractivity contribution in [3.63, 3.8) is 0 Å². The van der Waals surface area contributed by atoms with Gasteiger partial charge in [-0.05, 0) is 60.5 Å². The second-order valence-electron chi connectivity index (χ2n) is 9.53. The van der Waals surface area contributed by atoms with Crippen LogP contribution in [0.3, 0.4) is 0 Å².